The van der Waals surface area contributed by atoms with E-state index in [1.54, 1.807) is 24.3 Å². The molecule has 4 rings (SSSR count). The Kier molecular flexibility index (Phi) is 7.31. The number of rotatable bonds is 7. The number of benzene rings is 3. The molecule has 0 fully saturated rings. The van der Waals surface area contributed by atoms with Gasteiger partial charge in [0.05, 0.1) is 16.9 Å². The summed E-state index contributed by atoms with van der Waals surface area (Å²) in [5.74, 6) is 4.60. The Morgan fingerprint density at radius 3 is 2.23 bits per heavy atom. The average molecular weight is 468 g/mol. The minimum absolute atomic E-state index is 0.0137. The predicted octanol–water partition coefficient (Wildman–Crippen LogP) is 4.36. The monoisotopic (exact) mass is 468 g/mol. The van der Waals surface area contributed by atoms with Crippen molar-refractivity contribution in [1.82, 2.24) is 4.98 Å². The lowest BCUT2D eigenvalue weighted by atomic mass is 10.1. The second-order valence-corrected chi connectivity index (χ2v) is 7.50. The molecule has 0 atom stereocenters. The molecule has 35 heavy (non-hydrogen) atoms. The maximum absolute atomic E-state index is 13.2. The molecule has 4 aromatic rings. The van der Waals surface area contributed by atoms with Crippen LogP contribution in [0.15, 0.2) is 83.7 Å². The van der Waals surface area contributed by atoms with Gasteiger partial charge in [-0.15, -0.1) is 0 Å². The van der Waals surface area contributed by atoms with E-state index in [0.29, 0.717) is 6.61 Å². The molecule has 1 N–H and O–H groups in total. The topological polar surface area (TPSA) is 112 Å². The van der Waals surface area contributed by atoms with Crippen LogP contribution >= 0.6 is 0 Å². The third kappa shape index (κ3) is 5.61. The van der Waals surface area contributed by atoms with E-state index in [-0.39, 0.29) is 41.1 Å². The molecule has 1 heterocycles. The summed E-state index contributed by atoms with van der Waals surface area (Å²) in [6.45, 7) is 0.311. The molecule has 0 aliphatic heterocycles. The molecule has 1 aromatic heterocycles. The zero-order valence-electron chi connectivity index (χ0n) is 18.5. The summed E-state index contributed by atoms with van der Waals surface area (Å²) < 4.78 is 10.9. The third-order valence-corrected chi connectivity index (χ3v) is 5.13. The van der Waals surface area contributed by atoms with Crippen LogP contribution in [0.4, 0.5) is 5.69 Å². The number of pyridine rings is 1. The fourth-order valence-corrected chi connectivity index (χ4v) is 3.43. The van der Waals surface area contributed by atoms with Crippen LogP contribution in [0.2, 0.25) is 0 Å². The van der Waals surface area contributed by atoms with E-state index >= 15 is 0 Å². The molecule has 8 heteroatoms. The minimum atomic E-state index is -0.847. The van der Waals surface area contributed by atoms with Crippen molar-refractivity contribution in [3.05, 3.63) is 122 Å². The largest absolute Gasteiger partial charge is 0.456 e. The number of nitro benzene ring substituents is 1. The molecule has 0 aliphatic carbocycles. The lowest BCUT2D eigenvalue weighted by Gasteiger charge is -2.09. The van der Waals surface area contributed by atoms with E-state index in [1.807, 2.05) is 36.4 Å². The van der Waals surface area contributed by atoms with Gasteiger partial charge >= 0.3 is 5.97 Å². The van der Waals surface area contributed by atoms with Gasteiger partial charge in [-0.25, -0.2) is 4.79 Å². The van der Waals surface area contributed by atoms with Crippen LogP contribution in [-0.2, 0) is 22.7 Å². The van der Waals surface area contributed by atoms with Crippen molar-refractivity contribution in [2.45, 2.75) is 13.2 Å². The summed E-state index contributed by atoms with van der Waals surface area (Å²) >= 11 is 0. The van der Waals surface area contributed by atoms with Gasteiger partial charge in [-0.1, -0.05) is 78.6 Å². The van der Waals surface area contributed by atoms with E-state index in [0.717, 1.165) is 11.1 Å². The summed E-state index contributed by atoms with van der Waals surface area (Å²) in [6.07, 6.45) is 0. The van der Waals surface area contributed by atoms with Crippen LogP contribution < -0.4 is 5.43 Å². The van der Waals surface area contributed by atoms with Crippen LogP contribution in [0.25, 0.3) is 10.9 Å². The van der Waals surface area contributed by atoms with Crippen LogP contribution in [-0.4, -0.2) is 22.5 Å². The molecule has 0 saturated carbocycles. The van der Waals surface area contributed by atoms with Crippen molar-refractivity contribution >= 4 is 22.6 Å². The van der Waals surface area contributed by atoms with Crippen molar-refractivity contribution in [3.63, 3.8) is 0 Å². The van der Waals surface area contributed by atoms with Crippen molar-refractivity contribution in [2.24, 2.45) is 0 Å². The first-order chi connectivity index (χ1) is 17.0. The second kappa shape index (κ2) is 10.9. The van der Waals surface area contributed by atoms with Gasteiger partial charge in [-0.05, 0) is 17.2 Å². The van der Waals surface area contributed by atoms with Gasteiger partial charge in [-0.3, -0.25) is 14.9 Å². The standard InChI is InChI=1S/C27H20N2O6/c30-26-21-13-7-15-23(29(32)33)24(21)28-25(27(31)35-18-20-11-5-2-6-12-20)22(26)14-8-16-34-17-19-9-3-1-4-10-19/h1-7,9-13,15H,16-18H2,(H,28,30). The quantitative estimate of drug-likeness (QED) is 0.142. The smallest absolute Gasteiger partial charge is 0.356 e. The Morgan fingerprint density at radius 1 is 0.914 bits per heavy atom. The molecule has 3 aromatic carbocycles. The zero-order chi connectivity index (χ0) is 24.6. The number of ether oxygens (including phenoxy) is 2. The van der Waals surface area contributed by atoms with Crippen LogP contribution in [0.3, 0.4) is 0 Å². The highest BCUT2D eigenvalue weighted by Crippen LogP contribution is 2.23. The number of fused-ring (bicyclic) bond motifs is 1. The van der Waals surface area contributed by atoms with Gasteiger partial charge < -0.3 is 14.5 Å². The van der Waals surface area contributed by atoms with E-state index in [2.05, 4.69) is 16.8 Å². The summed E-state index contributed by atoms with van der Waals surface area (Å²) in [5, 5.41) is 11.5. The first-order valence-electron chi connectivity index (χ1n) is 10.7. The molecule has 0 saturated heterocycles. The molecular weight excluding hydrogens is 448 g/mol. The van der Waals surface area contributed by atoms with Gasteiger partial charge in [0.15, 0.2) is 0 Å². The summed E-state index contributed by atoms with van der Waals surface area (Å²) in [5.41, 5.74) is 0.321. The number of carbonyl (C=O) groups is 1. The van der Waals surface area contributed by atoms with Crippen LogP contribution in [0.5, 0.6) is 0 Å². The first kappa shape index (κ1) is 23.4. The summed E-state index contributed by atoms with van der Waals surface area (Å²) in [4.78, 5) is 39.7. The number of para-hydroxylation sites is 1. The normalized spacial score (nSPS) is 10.4. The highest BCUT2D eigenvalue weighted by Gasteiger charge is 2.22. The van der Waals surface area contributed by atoms with Gasteiger partial charge in [-0.2, -0.15) is 0 Å². The molecule has 0 bridgehead atoms. The number of H-pyrrole nitrogens is 1. The van der Waals surface area contributed by atoms with E-state index in [1.165, 1.54) is 18.2 Å². The van der Waals surface area contributed by atoms with E-state index in [9.17, 15) is 19.7 Å². The number of non-ortho nitro benzene ring substituents is 1. The van der Waals surface area contributed by atoms with Crippen molar-refractivity contribution in [3.8, 4) is 11.8 Å². The maximum Gasteiger partial charge on any atom is 0.356 e. The Labute approximate surface area is 200 Å². The van der Waals surface area contributed by atoms with Gasteiger partial charge in [0.25, 0.3) is 5.69 Å². The molecule has 0 amide bonds. The van der Waals surface area contributed by atoms with Crippen molar-refractivity contribution in [2.75, 3.05) is 6.61 Å². The Balaban J connectivity index is 1.66. The van der Waals surface area contributed by atoms with Gasteiger partial charge in [0, 0.05) is 6.07 Å². The molecular formula is C27H20N2O6. The Morgan fingerprint density at radius 2 is 1.57 bits per heavy atom. The molecule has 0 radical (unpaired) electrons. The Hall–Kier alpha value is -4.74. The number of hydrogen-bond donors (Lipinski definition) is 1. The Bertz CT molecular complexity index is 1480. The number of nitrogens with one attached hydrogen (secondary N) is 1. The number of aromatic amines is 1. The molecule has 0 spiro atoms. The third-order valence-electron chi connectivity index (χ3n) is 5.13. The predicted molar refractivity (Wildman–Crippen MR) is 130 cm³/mol. The molecule has 0 aliphatic rings. The van der Waals surface area contributed by atoms with Crippen LogP contribution in [0, 0.1) is 22.0 Å². The van der Waals surface area contributed by atoms with E-state index < -0.39 is 16.3 Å². The number of carbonyl (C=O) groups excluding carboxylic acids is 1. The number of aromatic nitrogens is 1. The fraction of sp³-hybridized carbons (Fsp3) is 0.111. The van der Waals surface area contributed by atoms with Crippen molar-refractivity contribution in [1.29, 1.82) is 0 Å². The highest BCUT2D eigenvalue weighted by molar-refractivity contribution is 5.96. The summed E-state index contributed by atoms with van der Waals surface area (Å²) in [7, 11) is 0. The first-order valence-corrected chi connectivity index (χ1v) is 10.7. The maximum atomic E-state index is 13.2. The number of nitro groups is 1. The average Bonchev–Trinajstić information content (AvgIpc) is 2.89. The van der Waals surface area contributed by atoms with Crippen LogP contribution in [0.1, 0.15) is 27.2 Å². The molecule has 0 unspecified atom stereocenters. The number of hydrogen-bond acceptors (Lipinski definition) is 6. The van der Waals surface area contributed by atoms with E-state index in [4.69, 9.17) is 9.47 Å². The fourth-order valence-electron chi connectivity index (χ4n) is 3.43. The lowest BCUT2D eigenvalue weighted by molar-refractivity contribution is -0.383. The van der Waals surface area contributed by atoms with Crippen molar-refractivity contribution < 1.29 is 19.2 Å². The zero-order valence-corrected chi connectivity index (χ0v) is 18.5. The minimum Gasteiger partial charge on any atom is -0.456 e. The number of esters is 1. The highest BCUT2D eigenvalue weighted by atomic mass is 16.6. The lowest BCUT2D eigenvalue weighted by Crippen LogP contribution is -2.19. The molecule has 174 valence electrons. The summed E-state index contributed by atoms with van der Waals surface area (Å²) in [6, 6.07) is 22.6. The molecule has 8 nitrogen and oxygen atoms in total. The van der Waals surface area contributed by atoms with Gasteiger partial charge in [0.2, 0.25) is 5.43 Å². The van der Waals surface area contributed by atoms with Gasteiger partial charge in [0.1, 0.15) is 30.0 Å². The second-order valence-electron chi connectivity index (χ2n) is 7.50. The number of nitrogens with zero attached hydrogens (tertiary/aromatic N) is 1. The SMILES string of the molecule is O=C(OCc1ccccc1)c1[nH]c2c([N+](=O)[O-])cccc2c(=O)c1C#CCOCc1ccccc1.